The average molecular weight is 772 g/mol. The largest absolute Gasteiger partial charge is 0.479 e. The molecule has 3 saturated heterocycles. The summed E-state index contributed by atoms with van der Waals surface area (Å²) in [6, 6.07) is -2.19. The molecule has 0 aromatic rings. The fraction of sp³-hybridized carbons (Fsp3) is 0.947. The predicted octanol–water partition coefficient (Wildman–Crippen LogP) is -7.77. The number of carboxylic acids is 1. The van der Waals surface area contributed by atoms with Gasteiger partial charge in [0, 0.05) is 7.11 Å². The van der Waals surface area contributed by atoms with Crippen LogP contribution in [0, 0.1) is 0 Å². The zero-order valence-electron chi connectivity index (χ0n) is 23.9. The Kier molecular flexibility index (Phi) is 13.6. The summed E-state index contributed by atoms with van der Waals surface area (Å²) in [5.74, 6) is -2.02. The van der Waals surface area contributed by atoms with Crippen LogP contribution in [0.15, 0.2) is 0 Å². The molecular weight excluding hydrogens is 738 g/mol. The van der Waals surface area contributed by atoms with E-state index in [0.29, 0.717) is 0 Å². The lowest BCUT2D eigenvalue weighted by Crippen LogP contribution is -2.68. The van der Waals surface area contributed by atoms with Crippen LogP contribution in [0.3, 0.4) is 0 Å². The molecule has 3 heterocycles. The Bertz CT molecular complexity index is 1430. The van der Waals surface area contributed by atoms with E-state index in [-0.39, 0.29) is 0 Å². The predicted molar refractivity (Wildman–Crippen MR) is 140 cm³/mol. The minimum Gasteiger partial charge on any atom is -0.479 e. The number of nitrogens with one attached hydrogen (secondary N) is 1. The number of hydrogen-bond donors (Lipinski definition) is 11. The Balaban J connectivity index is 1.95. The lowest BCUT2D eigenvalue weighted by Gasteiger charge is -2.47. The molecule has 29 heteroatoms. The molecular formula is C19H33NO25S3. The minimum atomic E-state index is -5.57. The maximum atomic E-state index is 12.2. The number of ether oxygens (including phenoxy) is 6. The second-order valence-electron chi connectivity index (χ2n) is 10.3. The highest BCUT2D eigenvalue weighted by Gasteiger charge is 2.56. The molecule has 282 valence electrons. The Morgan fingerprint density at radius 1 is 0.708 bits per heavy atom. The van der Waals surface area contributed by atoms with Crippen LogP contribution >= 0.6 is 0 Å². The van der Waals surface area contributed by atoms with Gasteiger partial charge in [-0.2, -0.15) is 30.0 Å². The summed E-state index contributed by atoms with van der Waals surface area (Å²) in [6.07, 6.45) is -30.2. The third-order valence-electron chi connectivity index (χ3n) is 7.01. The molecule has 3 aliphatic rings. The van der Waals surface area contributed by atoms with E-state index < -0.39 is 142 Å². The number of hydrogen-bond acceptors (Lipinski definition) is 21. The van der Waals surface area contributed by atoms with Crippen molar-refractivity contribution >= 4 is 37.1 Å². The molecule has 0 aromatic carbocycles. The van der Waals surface area contributed by atoms with Crippen molar-refractivity contribution < 1.29 is 116 Å². The summed E-state index contributed by atoms with van der Waals surface area (Å²) < 4.78 is 137. The molecule has 0 aromatic heterocycles. The van der Waals surface area contributed by atoms with Crippen molar-refractivity contribution in [2.24, 2.45) is 0 Å². The molecule has 48 heavy (non-hydrogen) atoms. The van der Waals surface area contributed by atoms with Crippen LogP contribution in [0.5, 0.6) is 0 Å². The maximum Gasteiger partial charge on any atom is 0.397 e. The van der Waals surface area contributed by atoms with E-state index in [1.54, 1.807) is 0 Å². The third-order valence-corrected chi connectivity index (χ3v) is 8.48. The van der Waals surface area contributed by atoms with Crippen LogP contribution < -0.4 is 4.72 Å². The van der Waals surface area contributed by atoms with Crippen molar-refractivity contribution in [2.75, 3.05) is 20.3 Å². The summed E-state index contributed by atoms with van der Waals surface area (Å²) in [5, 5.41) is 71.0. The van der Waals surface area contributed by atoms with Crippen LogP contribution in [-0.2, 0) is 72.7 Å². The molecule has 11 N–H and O–H groups in total. The summed E-state index contributed by atoms with van der Waals surface area (Å²) in [5.41, 5.74) is 0. The van der Waals surface area contributed by atoms with Crippen LogP contribution in [0.1, 0.15) is 0 Å². The number of carbonyl (C=O) groups is 1. The molecule has 0 aliphatic carbocycles. The number of aliphatic hydroxyl groups is 6. The van der Waals surface area contributed by atoms with Gasteiger partial charge in [0.25, 0.3) is 0 Å². The molecule has 3 fully saturated rings. The van der Waals surface area contributed by atoms with E-state index >= 15 is 0 Å². The summed E-state index contributed by atoms with van der Waals surface area (Å²) >= 11 is 0. The smallest absolute Gasteiger partial charge is 0.397 e. The first-order chi connectivity index (χ1) is 21.9. The first-order valence-electron chi connectivity index (χ1n) is 13.0. The highest BCUT2D eigenvalue weighted by molar-refractivity contribution is 7.83. The van der Waals surface area contributed by atoms with Gasteiger partial charge in [0.05, 0.1) is 13.2 Å². The molecule has 26 nitrogen and oxygen atoms in total. The van der Waals surface area contributed by atoms with Gasteiger partial charge in [-0.15, -0.1) is 0 Å². The lowest BCUT2D eigenvalue weighted by atomic mass is 9.95. The van der Waals surface area contributed by atoms with Gasteiger partial charge in [0.2, 0.25) is 0 Å². The molecule has 3 aliphatic heterocycles. The first kappa shape index (κ1) is 41.0. The van der Waals surface area contributed by atoms with Crippen LogP contribution in [-0.4, -0.2) is 193 Å². The Morgan fingerprint density at radius 2 is 1.33 bits per heavy atom. The highest BCUT2D eigenvalue weighted by Crippen LogP contribution is 2.33. The Morgan fingerprint density at radius 3 is 1.85 bits per heavy atom. The molecule has 0 radical (unpaired) electrons. The summed E-state index contributed by atoms with van der Waals surface area (Å²) in [6.45, 7) is -2.17. The van der Waals surface area contributed by atoms with E-state index in [9.17, 15) is 74.9 Å². The van der Waals surface area contributed by atoms with E-state index in [2.05, 4.69) is 8.37 Å². The molecule has 0 spiro atoms. The topological polar surface area (TPSA) is 408 Å². The standard InChI is InChI=1S/C19H33NO25S3/c1-38-12-5(3-40-47(32,33)34)42-18(6(8(12)22)20-46(29,30)31)43-13-11(25)14(45-48(35,36)37)19(44-15(13)16(26)27)39-2-4-7(21)9(23)10(24)17(28)41-4/h4-15,17-25,28H,2-3H2,1H3,(H,26,27)(H,29,30,31)(H,32,33,34)(H,35,36,37)/t4?,5?,6?,7-,8+,9-,10?,11-,12+,13+,14?,15?,17?,18-,19-/m1/s1. The van der Waals surface area contributed by atoms with E-state index in [0.717, 1.165) is 7.11 Å². The minimum absolute atomic E-state index is 0.918. The Labute approximate surface area is 270 Å². The molecule has 0 amide bonds. The van der Waals surface area contributed by atoms with Gasteiger partial charge in [0.15, 0.2) is 31.1 Å². The lowest BCUT2D eigenvalue weighted by molar-refractivity contribution is -0.345. The van der Waals surface area contributed by atoms with Gasteiger partial charge in [-0.3, -0.25) is 13.7 Å². The summed E-state index contributed by atoms with van der Waals surface area (Å²) in [7, 11) is -15.1. The van der Waals surface area contributed by atoms with Gasteiger partial charge in [-0.25, -0.2) is 13.2 Å². The van der Waals surface area contributed by atoms with Crippen LogP contribution in [0.2, 0.25) is 0 Å². The molecule has 7 unspecified atom stereocenters. The van der Waals surface area contributed by atoms with Crippen LogP contribution in [0.25, 0.3) is 0 Å². The van der Waals surface area contributed by atoms with Crippen molar-refractivity contribution in [3.63, 3.8) is 0 Å². The fourth-order valence-electron chi connectivity index (χ4n) is 4.88. The number of carboxylic acid groups (broad SMARTS) is 1. The van der Waals surface area contributed by atoms with Crippen molar-refractivity contribution in [1.82, 2.24) is 4.72 Å². The van der Waals surface area contributed by atoms with Gasteiger partial charge < -0.3 is 64.2 Å². The number of rotatable bonds is 14. The number of aliphatic carboxylic acids is 1. The quantitative estimate of drug-likeness (QED) is 0.0730. The number of aliphatic hydroxyl groups excluding tert-OH is 6. The van der Waals surface area contributed by atoms with E-state index in [4.69, 9.17) is 33.0 Å². The maximum absolute atomic E-state index is 12.2. The molecule has 3 rings (SSSR count). The highest BCUT2D eigenvalue weighted by atomic mass is 32.3. The summed E-state index contributed by atoms with van der Waals surface area (Å²) in [4.78, 5) is 12.2. The second kappa shape index (κ2) is 15.9. The third kappa shape index (κ3) is 10.6. The normalized spacial score (nSPS) is 41.6. The fourth-order valence-corrected chi connectivity index (χ4v) is 6.26. The van der Waals surface area contributed by atoms with Gasteiger partial charge >= 0.3 is 37.1 Å². The van der Waals surface area contributed by atoms with Crippen molar-refractivity contribution in [3.05, 3.63) is 0 Å². The van der Waals surface area contributed by atoms with E-state index in [1.165, 1.54) is 4.72 Å². The van der Waals surface area contributed by atoms with Crippen molar-refractivity contribution in [3.8, 4) is 0 Å². The van der Waals surface area contributed by atoms with E-state index in [1.807, 2.05) is 0 Å². The SMILES string of the molecule is CO[C@H]1C(COS(=O)(=O)O)O[C@H](O[C@@H]2C(C(=O)O)O[C@@H](OCC3OC(O)C(O)[C@H](O)[C@@H]3O)C(OS(=O)(=O)O)[C@@H]2O)C(NS(=O)(=O)O)[C@@H]1O. The molecule has 0 saturated carbocycles. The van der Waals surface area contributed by atoms with Gasteiger partial charge in [-0.05, 0) is 0 Å². The second-order valence-corrected chi connectivity index (χ2v) is 13.6. The first-order valence-corrected chi connectivity index (χ1v) is 17.2. The average Bonchev–Trinajstić information content (AvgIpc) is 2.94. The monoisotopic (exact) mass is 771 g/mol. The van der Waals surface area contributed by atoms with Gasteiger partial charge in [0.1, 0.15) is 61.0 Å². The van der Waals surface area contributed by atoms with Gasteiger partial charge in [-0.1, -0.05) is 0 Å². The Hall–Kier alpha value is -1.40. The zero-order valence-corrected chi connectivity index (χ0v) is 26.3. The number of methoxy groups -OCH3 is 1. The zero-order chi connectivity index (χ0) is 36.5. The molecule has 15 atom stereocenters. The van der Waals surface area contributed by atoms with Crippen molar-refractivity contribution in [2.45, 2.75) is 92.1 Å². The van der Waals surface area contributed by atoms with Crippen molar-refractivity contribution in [1.29, 1.82) is 0 Å². The van der Waals surface area contributed by atoms with Crippen LogP contribution in [0.4, 0.5) is 0 Å². The molecule has 0 bridgehead atoms.